The lowest BCUT2D eigenvalue weighted by molar-refractivity contribution is -0.137. The fourth-order valence-corrected chi connectivity index (χ4v) is 3.86. The van der Waals surface area contributed by atoms with Gasteiger partial charge in [0, 0.05) is 25.9 Å². The molecule has 2 amide bonds. The number of nitrogens with zero attached hydrogens (tertiary/aromatic N) is 1. The Hall–Kier alpha value is -1.88. The van der Waals surface area contributed by atoms with Crippen molar-refractivity contribution in [1.82, 2.24) is 10.2 Å². The lowest BCUT2D eigenvalue weighted by Gasteiger charge is -2.27. The molecule has 1 atom stereocenters. The third-order valence-corrected chi connectivity index (χ3v) is 5.28. The largest absolute Gasteiger partial charge is 0.378 e. The zero-order valence-corrected chi connectivity index (χ0v) is 14.8. The van der Waals surface area contributed by atoms with E-state index in [4.69, 9.17) is 4.74 Å². The van der Waals surface area contributed by atoms with Crippen molar-refractivity contribution in [2.45, 2.75) is 44.6 Å². The molecule has 0 aromatic heterocycles. The summed E-state index contributed by atoms with van der Waals surface area (Å²) in [6.07, 6.45) is 5.32. The molecule has 136 valence electrons. The standard InChI is InChI=1S/C20H28N2O3/c23-18(10-11-19(24)22-12-14-25-15-13-22)21-20(17-8-4-5-9-17)16-6-2-1-3-7-16/h1-3,6-7,17,20H,4-5,8-15H2,(H,21,23)/t20-/m1/s1. The van der Waals surface area contributed by atoms with Crippen LogP contribution in [-0.2, 0) is 14.3 Å². The average Bonchev–Trinajstić information content (AvgIpc) is 3.20. The first kappa shape index (κ1) is 17.9. The third kappa shape index (κ3) is 5.05. The Bertz CT molecular complexity index is 564. The van der Waals surface area contributed by atoms with Crippen LogP contribution in [0.4, 0.5) is 0 Å². The maximum atomic E-state index is 12.5. The van der Waals surface area contributed by atoms with Gasteiger partial charge in [-0.15, -0.1) is 0 Å². The number of carbonyl (C=O) groups excluding carboxylic acids is 2. The highest BCUT2D eigenvalue weighted by molar-refractivity contribution is 5.84. The van der Waals surface area contributed by atoms with Gasteiger partial charge in [-0.1, -0.05) is 43.2 Å². The SMILES string of the molecule is O=C(CCC(=O)N1CCOCC1)N[C@H](c1ccccc1)C1CCCC1. The van der Waals surface area contributed by atoms with Crippen molar-refractivity contribution in [2.24, 2.45) is 5.92 Å². The van der Waals surface area contributed by atoms with Gasteiger partial charge in [0.1, 0.15) is 0 Å². The summed E-state index contributed by atoms with van der Waals surface area (Å²) in [4.78, 5) is 26.5. The highest BCUT2D eigenvalue weighted by Gasteiger charge is 2.28. The van der Waals surface area contributed by atoms with Gasteiger partial charge in [0.15, 0.2) is 0 Å². The second kappa shape index (κ2) is 8.99. The average molecular weight is 344 g/mol. The highest BCUT2D eigenvalue weighted by Crippen LogP contribution is 2.35. The summed E-state index contributed by atoms with van der Waals surface area (Å²) >= 11 is 0. The van der Waals surface area contributed by atoms with Gasteiger partial charge in [0.05, 0.1) is 19.3 Å². The molecular weight excluding hydrogens is 316 g/mol. The van der Waals surface area contributed by atoms with Gasteiger partial charge < -0.3 is 15.0 Å². The Labute approximate surface area is 149 Å². The number of ether oxygens (including phenoxy) is 1. The minimum Gasteiger partial charge on any atom is -0.378 e. The first-order chi connectivity index (χ1) is 12.2. The van der Waals surface area contributed by atoms with Crippen molar-refractivity contribution in [1.29, 1.82) is 0 Å². The molecule has 0 unspecified atom stereocenters. The molecule has 5 nitrogen and oxygen atoms in total. The third-order valence-electron chi connectivity index (χ3n) is 5.28. The molecule has 25 heavy (non-hydrogen) atoms. The molecule has 5 heteroatoms. The number of amides is 2. The molecule has 1 aromatic rings. The van der Waals surface area contributed by atoms with Crippen LogP contribution in [0.25, 0.3) is 0 Å². The topological polar surface area (TPSA) is 58.6 Å². The number of morpholine rings is 1. The van der Waals surface area contributed by atoms with Crippen LogP contribution >= 0.6 is 0 Å². The van der Waals surface area contributed by atoms with Crippen molar-refractivity contribution in [3.8, 4) is 0 Å². The molecule has 3 rings (SSSR count). The Kier molecular flexibility index (Phi) is 6.45. The van der Waals surface area contributed by atoms with Crippen LogP contribution in [0.3, 0.4) is 0 Å². The van der Waals surface area contributed by atoms with Gasteiger partial charge in [0.2, 0.25) is 11.8 Å². The Morgan fingerprint density at radius 3 is 2.44 bits per heavy atom. The van der Waals surface area contributed by atoms with Crippen LogP contribution in [0.5, 0.6) is 0 Å². The number of rotatable bonds is 6. The van der Waals surface area contributed by atoms with Crippen LogP contribution < -0.4 is 5.32 Å². The van der Waals surface area contributed by atoms with E-state index in [0.29, 0.717) is 32.2 Å². The minimum absolute atomic E-state index is 0.0256. The smallest absolute Gasteiger partial charge is 0.223 e. The highest BCUT2D eigenvalue weighted by atomic mass is 16.5. The molecular formula is C20H28N2O3. The monoisotopic (exact) mass is 344 g/mol. The fourth-order valence-electron chi connectivity index (χ4n) is 3.86. The molecule has 1 aliphatic carbocycles. The lowest BCUT2D eigenvalue weighted by atomic mass is 9.91. The van der Waals surface area contributed by atoms with E-state index >= 15 is 0 Å². The van der Waals surface area contributed by atoms with Crippen molar-refractivity contribution >= 4 is 11.8 Å². The van der Waals surface area contributed by atoms with Crippen LogP contribution in [0.15, 0.2) is 30.3 Å². The number of benzene rings is 1. The van der Waals surface area contributed by atoms with Gasteiger partial charge in [0.25, 0.3) is 0 Å². The second-order valence-corrected chi connectivity index (χ2v) is 6.99. The van der Waals surface area contributed by atoms with Gasteiger partial charge >= 0.3 is 0 Å². The van der Waals surface area contributed by atoms with Crippen molar-refractivity contribution in [3.63, 3.8) is 0 Å². The number of nitrogens with one attached hydrogen (secondary N) is 1. The van der Waals surface area contributed by atoms with Crippen molar-refractivity contribution in [3.05, 3.63) is 35.9 Å². The second-order valence-electron chi connectivity index (χ2n) is 6.99. The summed E-state index contributed by atoms with van der Waals surface area (Å²) in [6.45, 7) is 2.45. The van der Waals surface area contributed by atoms with Crippen LogP contribution in [0.1, 0.15) is 50.1 Å². The summed E-state index contributed by atoms with van der Waals surface area (Å²) < 4.78 is 5.26. The number of hydrogen-bond acceptors (Lipinski definition) is 3. The summed E-state index contributed by atoms with van der Waals surface area (Å²) in [5, 5.41) is 3.20. The predicted molar refractivity (Wildman–Crippen MR) is 95.9 cm³/mol. The van der Waals surface area contributed by atoms with Crippen molar-refractivity contribution in [2.75, 3.05) is 26.3 Å². The molecule has 2 aliphatic rings. The van der Waals surface area contributed by atoms with E-state index in [1.165, 1.54) is 18.4 Å². The Morgan fingerprint density at radius 1 is 1.08 bits per heavy atom. The van der Waals surface area contributed by atoms with Crippen LogP contribution in [-0.4, -0.2) is 43.0 Å². The van der Waals surface area contributed by atoms with Crippen LogP contribution in [0.2, 0.25) is 0 Å². The van der Waals surface area contributed by atoms with E-state index in [9.17, 15) is 9.59 Å². The first-order valence-electron chi connectivity index (χ1n) is 9.44. The van der Waals surface area contributed by atoms with Gasteiger partial charge in [-0.05, 0) is 24.3 Å². The van der Waals surface area contributed by atoms with E-state index < -0.39 is 0 Å². The fraction of sp³-hybridized carbons (Fsp3) is 0.600. The molecule has 1 N–H and O–H groups in total. The zero-order valence-electron chi connectivity index (χ0n) is 14.8. The van der Waals surface area contributed by atoms with E-state index in [1.54, 1.807) is 4.90 Å². The maximum absolute atomic E-state index is 12.5. The van der Waals surface area contributed by atoms with E-state index in [-0.39, 0.29) is 30.7 Å². The van der Waals surface area contributed by atoms with Gasteiger partial charge in [-0.3, -0.25) is 9.59 Å². The van der Waals surface area contributed by atoms with E-state index in [2.05, 4.69) is 17.4 Å². The number of carbonyl (C=O) groups is 2. The van der Waals surface area contributed by atoms with E-state index in [0.717, 1.165) is 12.8 Å². The van der Waals surface area contributed by atoms with Crippen LogP contribution in [0, 0.1) is 5.92 Å². The summed E-state index contributed by atoms with van der Waals surface area (Å²) in [5.74, 6) is 0.527. The van der Waals surface area contributed by atoms with Gasteiger partial charge in [-0.2, -0.15) is 0 Å². The first-order valence-corrected chi connectivity index (χ1v) is 9.44. The molecule has 1 heterocycles. The maximum Gasteiger partial charge on any atom is 0.223 e. The molecule has 0 radical (unpaired) electrons. The molecule has 1 aromatic carbocycles. The van der Waals surface area contributed by atoms with E-state index in [1.807, 2.05) is 18.2 Å². The van der Waals surface area contributed by atoms with Crippen molar-refractivity contribution < 1.29 is 14.3 Å². The Balaban J connectivity index is 1.54. The summed E-state index contributed by atoms with van der Waals surface area (Å²) in [6, 6.07) is 10.3. The minimum atomic E-state index is -0.0256. The molecule has 0 bridgehead atoms. The number of hydrogen-bond donors (Lipinski definition) is 1. The zero-order chi connectivity index (χ0) is 17.5. The molecule has 2 fully saturated rings. The predicted octanol–water partition coefficient (Wildman–Crippen LogP) is 2.67. The molecule has 1 aliphatic heterocycles. The summed E-state index contributed by atoms with van der Waals surface area (Å²) in [5.41, 5.74) is 1.17. The quantitative estimate of drug-likeness (QED) is 0.863. The molecule has 0 spiro atoms. The van der Waals surface area contributed by atoms with Gasteiger partial charge in [-0.25, -0.2) is 0 Å². The lowest BCUT2D eigenvalue weighted by Crippen LogP contribution is -2.41. The Morgan fingerprint density at radius 2 is 1.76 bits per heavy atom. The molecule has 1 saturated heterocycles. The summed E-state index contributed by atoms with van der Waals surface area (Å²) in [7, 11) is 0. The molecule has 1 saturated carbocycles. The normalized spacial score (nSPS) is 19.6.